The average Bonchev–Trinajstić information content (AvgIpc) is 2.69. The maximum absolute atomic E-state index is 12.1. The Hall–Kier alpha value is -2.02. The number of aromatic nitrogens is 2. The van der Waals surface area contributed by atoms with Crippen LogP contribution in [0.25, 0.3) is 0 Å². The minimum atomic E-state index is -4.72. The minimum absolute atomic E-state index is 0.284. The lowest BCUT2D eigenvalue weighted by molar-refractivity contribution is -0.274. The molecule has 1 unspecified atom stereocenters. The first-order chi connectivity index (χ1) is 9.76. The zero-order chi connectivity index (χ0) is 15.6. The second kappa shape index (κ2) is 5.77. The van der Waals surface area contributed by atoms with Gasteiger partial charge in [-0.05, 0) is 31.5 Å². The van der Waals surface area contributed by atoms with Gasteiger partial charge >= 0.3 is 6.36 Å². The van der Waals surface area contributed by atoms with E-state index in [4.69, 9.17) is 0 Å². The summed E-state index contributed by atoms with van der Waals surface area (Å²) < 4.78 is 41.7. The first-order valence-electron chi connectivity index (χ1n) is 6.28. The van der Waals surface area contributed by atoms with Crippen molar-refractivity contribution in [1.29, 1.82) is 0 Å². The molecule has 114 valence electrons. The van der Waals surface area contributed by atoms with Crippen LogP contribution in [0.4, 0.5) is 13.2 Å². The molecule has 1 aromatic carbocycles. The van der Waals surface area contributed by atoms with Crippen LogP contribution in [0.15, 0.2) is 30.6 Å². The molecule has 1 heterocycles. The predicted octanol–water partition coefficient (Wildman–Crippen LogP) is 3.13. The van der Waals surface area contributed by atoms with Crippen molar-refractivity contribution < 1.29 is 23.0 Å². The van der Waals surface area contributed by atoms with Crippen molar-refractivity contribution in [2.75, 3.05) is 0 Å². The molecule has 2 rings (SSSR count). The van der Waals surface area contributed by atoms with E-state index in [0.29, 0.717) is 5.56 Å². The molecule has 7 heteroatoms. The third-order valence-corrected chi connectivity index (χ3v) is 3.21. The maximum atomic E-state index is 12.1. The first kappa shape index (κ1) is 15.4. The molecule has 2 aromatic rings. The Kier molecular flexibility index (Phi) is 4.22. The number of halogens is 3. The van der Waals surface area contributed by atoms with E-state index in [1.807, 2.05) is 13.8 Å². The van der Waals surface area contributed by atoms with Gasteiger partial charge < -0.3 is 14.4 Å². The lowest BCUT2D eigenvalue weighted by Gasteiger charge is -2.14. The summed E-state index contributed by atoms with van der Waals surface area (Å²) in [6.07, 6.45) is -3.93. The molecule has 0 fully saturated rings. The molecule has 0 amide bonds. The number of benzene rings is 1. The van der Waals surface area contributed by atoms with Crippen LogP contribution < -0.4 is 4.74 Å². The van der Waals surface area contributed by atoms with E-state index in [0.717, 1.165) is 11.4 Å². The standard InChI is InChI=1S/C14H15F3N2O2/c1-9-10(2)19(8-18-9)7-13(20)11-3-5-12(6-4-11)21-14(15,16)17/h3-6,8,13,20H,7H2,1-2H3. The molecular weight excluding hydrogens is 285 g/mol. The van der Waals surface area contributed by atoms with Crippen LogP contribution in [-0.4, -0.2) is 21.0 Å². The number of hydrogen-bond acceptors (Lipinski definition) is 3. The van der Waals surface area contributed by atoms with Crippen molar-refractivity contribution in [3.63, 3.8) is 0 Å². The van der Waals surface area contributed by atoms with Gasteiger partial charge in [-0.2, -0.15) is 0 Å². The smallest absolute Gasteiger partial charge is 0.406 e. The number of aryl methyl sites for hydroxylation is 1. The van der Waals surface area contributed by atoms with Crippen LogP contribution in [-0.2, 0) is 6.54 Å². The third kappa shape index (κ3) is 3.98. The van der Waals surface area contributed by atoms with Gasteiger partial charge in [0, 0.05) is 5.69 Å². The van der Waals surface area contributed by atoms with Crippen molar-refractivity contribution >= 4 is 0 Å². The lowest BCUT2D eigenvalue weighted by atomic mass is 10.1. The fourth-order valence-corrected chi connectivity index (χ4v) is 1.91. The van der Waals surface area contributed by atoms with Crippen LogP contribution in [0, 0.1) is 13.8 Å². The van der Waals surface area contributed by atoms with E-state index in [1.54, 1.807) is 10.9 Å². The number of imidazole rings is 1. The van der Waals surface area contributed by atoms with Crippen molar-refractivity contribution in [2.24, 2.45) is 0 Å². The maximum Gasteiger partial charge on any atom is 0.573 e. The van der Waals surface area contributed by atoms with E-state index < -0.39 is 12.5 Å². The van der Waals surface area contributed by atoms with Gasteiger partial charge in [-0.3, -0.25) is 0 Å². The summed E-state index contributed by atoms with van der Waals surface area (Å²) in [5.41, 5.74) is 2.32. The van der Waals surface area contributed by atoms with Gasteiger partial charge in [0.25, 0.3) is 0 Å². The molecule has 4 nitrogen and oxygen atoms in total. The molecule has 0 aliphatic rings. The number of hydrogen-bond donors (Lipinski definition) is 1. The fraction of sp³-hybridized carbons (Fsp3) is 0.357. The second-order valence-electron chi connectivity index (χ2n) is 4.70. The highest BCUT2D eigenvalue weighted by Crippen LogP contribution is 2.25. The Morgan fingerprint density at radius 1 is 1.24 bits per heavy atom. The third-order valence-electron chi connectivity index (χ3n) is 3.21. The predicted molar refractivity (Wildman–Crippen MR) is 69.8 cm³/mol. The highest BCUT2D eigenvalue weighted by atomic mass is 19.4. The van der Waals surface area contributed by atoms with E-state index >= 15 is 0 Å². The van der Waals surface area contributed by atoms with E-state index in [2.05, 4.69) is 9.72 Å². The number of nitrogens with zero attached hydrogens (tertiary/aromatic N) is 2. The van der Waals surface area contributed by atoms with Crippen LogP contribution in [0.3, 0.4) is 0 Å². The molecular formula is C14H15F3N2O2. The molecule has 0 saturated carbocycles. The lowest BCUT2D eigenvalue weighted by Crippen LogP contribution is -2.17. The molecule has 0 bridgehead atoms. The van der Waals surface area contributed by atoms with Gasteiger partial charge in [0.1, 0.15) is 5.75 Å². The summed E-state index contributed by atoms with van der Waals surface area (Å²) in [6, 6.07) is 5.17. The Morgan fingerprint density at radius 3 is 2.33 bits per heavy atom. The summed E-state index contributed by atoms with van der Waals surface area (Å²) in [5, 5.41) is 10.1. The molecule has 0 aliphatic heterocycles. The number of ether oxygens (including phenoxy) is 1. The van der Waals surface area contributed by atoms with Gasteiger partial charge in [0.05, 0.1) is 24.7 Å². The van der Waals surface area contributed by atoms with Crippen molar-refractivity contribution in [1.82, 2.24) is 9.55 Å². The molecule has 1 N–H and O–H groups in total. The molecule has 1 aromatic heterocycles. The normalized spacial score (nSPS) is 13.2. The quantitative estimate of drug-likeness (QED) is 0.943. The van der Waals surface area contributed by atoms with Crippen molar-refractivity contribution in [3.8, 4) is 5.75 Å². The van der Waals surface area contributed by atoms with Crippen LogP contribution in [0.2, 0.25) is 0 Å². The van der Waals surface area contributed by atoms with E-state index in [9.17, 15) is 18.3 Å². The average molecular weight is 300 g/mol. The second-order valence-corrected chi connectivity index (χ2v) is 4.70. The SMILES string of the molecule is Cc1ncn(CC(O)c2ccc(OC(F)(F)F)cc2)c1C. The zero-order valence-electron chi connectivity index (χ0n) is 11.6. The van der Waals surface area contributed by atoms with Gasteiger partial charge in [-0.25, -0.2) is 4.98 Å². The monoisotopic (exact) mass is 300 g/mol. The molecule has 0 radical (unpaired) electrons. The summed E-state index contributed by atoms with van der Waals surface area (Å²) in [7, 11) is 0. The van der Waals surface area contributed by atoms with E-state index in [1.165, 1.54) is 24.3 Å². The summed E-state index contributed by atoms with van der Waals surface area (Å²) in [6.45, 7) is 4.03. The molecule has 0 aliphatic carbocycles. The number of aliphatic hydroxyl groups excluding tert-OH is 1. The highest BCUT2D eigenvalue weighted by Gasteiger charge is 2.31. The van der Waals surface area contributed by atoms with Crippen molar-refractivity contribution in [2.45, 2.75) is 32.9 Å². The van der Waals surface area contributed by atoms with Gasteiger partial charge in [0.15, 0.2) is 0 Å². The number of alkyl halides is 3. The fourth-order valence-electron chi connectivity index (χ4n) is 1.91. The van der Waals surface area contributed by atoms with Gasteiger partial charge in [-0.1, -0.05) is 12.1 Å². The summed E-state index contributed by atoms with van der Waals surface area (Å²) in [5.74, 6) is -0.312. The molecule has 0 saturated heterocycles. The largest absolute Gasteiger partial charge is 0.573 e. The highest BCUT2D eigenvalue weighted by molar-refractivity contribution is 5.28. The van der Waals surface area contributed by atoms with Gasteiger partial charge in [0.2, 0.25) is 0 Å². The van der Waals surface area contributed by atoms with Crippen LogP contribution in [0.1, 0.15) is 23.1 Å². The Bertz CT molecular complexity index is 606. The van der Waals surface area contributed by atoms with Crippen LogP contribution in [0.5, 0.6) is 5.75 Å². The topological polar surface area (TPSA) is 47.3 Å². The van der Waals surface area contributed by atoms with Gasteiger partial charge in [-0.15, -0.1) is 13.2 Å². The van der Waals surface area contributed by atoms with E-state index in [-0.39, 0.29) is 12.3 Å². The van der Waals surface area contributed by atoms with Crippen molar-refractivity contribution in [3.05, 3.63) is 47.5 Å². The first-order valence-corrected chi connectivity index (χ1v) is 6.28. The molecule has 0 spiro atoms. The molecule has 1 atom stereocenters. The summed E-state index contributed by atoms with van der Waals surface area (Å²) in [4.78, 5) is 4.12. The number of rotatable bonds is 4. The summed E-state index contributed by atoms with van der Waals surface area (Å²) >= 11 is 0. The zero-order valence-corrected chi connectivity index (χ0v) is 11.6. The van der Waals surface area contributed by atoms with Crippen LogP contribution >= 0.6 is 0 Å². The Morgan fingerprint density at radius 2 is 1.86 bits per heavy atom. The molecule has 21 heavy (non-hydrogen) atoms. The Balaban J connectivity index is 2.06. The number of aliphatic hydroxyl groups is 1. The minimum Gasteiger partial charge on any atom is -0.406 e. The Labute approximate surface area is 119 Å².